The Bertz CT molecular complexity index is 1020. The van der Waals surface area contributed by atoms with Crippen molar-refractivity contribution >= 4 is 22.8 Å². The number of nitrogens with zero attached hydrogens (tertiary/aromatic N) is 3. The number of benzene rings is 1. The molecule has 0 saturated carbocycles. The van der Waals surface area contributed by atoms with Crippen LogP contribution in [0.4, 0.5) is 4.79 Å². The summed E-state index contributed by atoms with van der Waals surface area (Å²) in [4.78, 5) is 32.0. The number of piperazine rings is 1. The molecule has 0 unspecified atom stereocenters. The van der Waals surface area contributed by atoms with Gasteiger partial charge >= 0.3 is 6.09 Å². The maximum absolute atomic E-state index is 12.7. The van der Waals surface area contributed by atoms with Crippen molar-refractivity contribution in [1.82, 2.24) is 14.8 Å². The van der Waals surface area contributed by atoms with Gasteiger partial charge in [0.2, 0.25) is 11.8 Å². The van der Waals surface area contributed by atoms with Gasteiger partial charge < -0.3 is 28.4 Å². The molecule has 2 heterocycles. The Morgan fingerprint density at radius 2 is 1.76 bits per heavy atom. The van der Waals surface area contributed by atoms with Gasteiger partial charge in [0.25, 0.3) is 0 Å². The lowest BCUT2D eigenvalue weighted by Crippen LogP contribution is -2.51. The average molecular weight is 480 g/mol. The highest BCUT2D eigenvalue weighted by molar-refractivity contribution is 7.84. The van der Waals surface area contributed by atoms with Crippen molar-refractivity contribution in [2.24, 2.45) is 0 Å². The summed E-state index contributed by atoms with van der Waals surface area (Å²) < 4.78 is 34.0. The lowest BCUT2D eigenvalue weighted by atomic mass is 10.2. The molecule has 3 rings (SSSR count). The van der Waals surface area contributed by atoms with Gasteiger partial charge in [0.1, 0.15) is 11.5 Å². The smallest absolute Gasteiger partial charge is 0.409 e. The van der Waals surface area contributed by atoms with Crippen molar-refractivity contribution in [3.63, 3.8) is 0 Å². The minimum absolute atomic E-state index is 0.108. The van der Waals surface area contributed by atoms with E-state index in [1.807, 2.05) is 0 Å². The molecule has 11 heteroatoms. The number of hydrogen-bond donors (Lipinski definition) is 0. The van der Waals surface area contributed by atoms with E-state index in [9.17, 15) is 13.8 Å². The van der Waals surface area contributed by atoms with E-state index in [1.54, 1.807) is 56.1 Å². The highest BCUT2D eigenvalue weighted by atomic mass is 32.2. The lowest BCUT2D eigenvalue weighted by molar-refractivity contribution is -0.129. The van der Waals surface area contributed by atoms with Gasteiger partial charge in [0, 0.05) is 42.5 Å². The van der Waals surface area contributed by atoms with Crippen molar-refractivity contribution < 1.29 is 32.4 Å². The monoisotopic (exact) mass is 479 g/mol. The fraction of sp³-hybridized carbons (Fsp3) is 0.500. The number of carbonyl (C=O) groups excluding carboxylic acids is 2. The maximum Gasteiger partial charge on any atom is 0.409 e. The molecule has 1 aliphatic heterocycles. The van der Waals surface area contributed by atoms with E-state index in [2.05, 4.69) is 4.98 Å². The Balaban J connectivity index is 1.57. The summed E-state index contributed by atoms with van der Waals surface area (Å²) in [6.45, 7) is 5.39. The SMILES string of the molecule is CCOC(=O)N1CCN(C(=O)C[S@](=O)Cc2nc(-c3ccc(OC)c(OC)c3)oc2C)CC1. The molecule has 1 saturated heterocycles. The summed E-state index contributed by atoms with van der Waals surface area (Å²) in [6.07, 6.45) is -0.375. The van der Waals surface area contributed by atoms with Crippen molar-refractivity contribution in [2.75, 3.05) is 52.8 Å². The standard InChI is InChI=1S/C22H29N3O7S/c1-5-31-22(27)25-10-8-24(9-11-25)20(26)14-33(28)13-17-15(2)32-21(23-17)16-6-7-18(29-3)19(12-16)30-4/h6-7,12H,5,8-11,13-14H2,1-4H3/t33-/m1/s1. The van der Waals surface area contributed by atoms with Gasteiger partial charge in [-0.25, -0.2) is 9.78 Å². The normalized spacial score (nSPS) is 14.7. The quantitative estimate of drug-likeness (QED) is 0.567. The van der Waals surface area contributed by atoms with E-state index >= 15 is 0 Å². The molecule has 1 aromatic carbocycles. The Kier molecular flexibility index (Phi) is 8.32. The zero-order valence-corrected chi connectivity index (χ0v) is 20.1. The first-order valence-electron chi connectivity index (χ1n) is 10.6. The molecule has 1 aromatic heterocycles. The van der Waals surface area contributed by atoms with Crippen LogP contribution in [-0.4, -0.2) is 83.8 Å². The summed E-state index contributed by atoms with van der Waals surface area (Å²) in [7, 11) is 1.65. The molecule has 0 aliphatic carbocycles. The first-order valence-corrected chi connectivity index (χ1v) is 12.1. The lowest BCUT2D eigenvalue weighted by Gasteiger charge is -2.34. The number of aromatic nitrogens is 1. The van der Waals surface area contributed by atoms with Crippen LogP contribution in [0.3, 0.4) is 0 Å². The van der Waals surface area contributed by atoms with Crippen LogP contribution in [0.25, 0.3) is 11.5 Å². The van der Waals surface area contributed by atoms with Crippen LogP contribution in [0.1, 0.15) is 18.4 Å². The molecule has 33 heavy (non-hydrogen) atoms. The molecule has 0 radical (unpaired) electrons. The van der Waals surface area contributed by atoms with Crippen LogP contribution in [0.5, 0.6) is 11.5 Å². The molecule has 1 fully saturated rings. The molecule has 2 aromatic rings. The molecule has 0 N–H and O–H groups in total. The molecule has 1 aliphatic rings. The molecule has 0 bridgehead atoms. The Morgan fingerprint density at radius 3 is 2.39 bits per heavy atom. The zero-order chi connectivity index (χ0) is 24.0. The van der Waals surface area contributed by atoms with Crippen LogP contribution in [0.2, 0.25) is 0 Å². The van der Waals surface area contributed by atoms with E-state index in [4.69, 9.17) is 18.6 Å². The largest absolute Gasteiger partial charge is 0.493 e. The number of amides is 2. The van der Waals surface area contributed by atoms with Crippen LogP contribution in [0.15, 0.2) is 22.6 Å². The molecule has 180 valence electrons. The summed E-state index contributed by atoms with van der Waals surface area (Å²) in [5.41, 5.74) is 1.24. The minimum atomic E-state index is -1.45. The average Bonchev–Trinajstić information content (AvgIpc) is 3.18. The number of aryl methyl sites for hydroxylation is 1. The van der Waals surface area contributed by atoms with E-state index in [0.29, 0.717) is 67.2 Å². The second-order valence-corrected chi connectivity index (χ2v) is 8.84. The van der Waals surface area contributed by atoms with Gasteiger partial charge in [0.05, 0.1) is 32.3 Å². The summed E-state index contributed by atoms with van der Waals surface area (Å²) in [6, 6.07) is 5.31. The van der Waals surface area contributed by atoms with Crippen LogP contribution in [0, 0.1) is 6.92 Å². The first-order chi connectivity index (χ1) is 15.9. The van der Waals surface area contributed by atoms with Gasteiger partial charge in [-0.2, -0.15) is 0 Å². The van der Waals surface area contributed by atoms with Gasteiger partial charge in [-0.1, -0.05) is 0 Å². The van der Waals surface area contributed by atoms with Gasteiger partial charge in [-0.15, -0.1) is 0 Å². The second kappa shape index (κ2) is 11.2. The van der Waals surface area contributed by atoms with Crippen LogP contribution in [-0.2, 0) is 26.1 Å². The predicted molar refractivity (Wildman–Crippen MR) is 122 cm³/mol. The Hall–Kier alpha value is -3.08. The number of methoxy groups -OCH3 is 2. The summed E-state index contributed by atoms with van der Waals surface area (Å²) in [5.74, 6) is 1.84. The minimum Gasteiger partial charge on any atom is -0.493 e. The van der Waals surface area contributed by atoms with E-state index in [-0.39, 0.29) is 23.5 Å². The van der Waals surface area contributed by atoms with Gasteiger partial charge in [-0.05, 0) is 32.0 Å². The van der Waals surface area contributed by atoms with Crippen LogP contribution < -0.4 is 9.47 Å². The molecule has 0 spiro atoms. The fourth-order valence-electron chi connectivity index (χ4n) is 3.44. The van der Waals surface area contributed by atoms with E-state index in [1.165, 1.54) is 0 Å². The van der Waals surface area contributed by atoms with E-state index in [0.717, 1.165) is 0 Å². The van der Waals surface area contributed by atoms with Crippen molar-refractivity contribution in [1.29, 1.82) is 0 Å². The zero-order valence-electron chi connectivity index (χ0n) is 19.3. The van der Waals surface area contributed by atoms with Crippen molar-refractivity contribution in [3.8, 4) is 23.0 Å². The van der Waals surface area contributed by atoms with Crippen molar-refractivity contribution in [3.05, 3.63) is 29.7 Å². The third kappa shape index (κ3) is 6.04. The van der Waals surface area contributed by atoms with Crippen LogP contribution >= 0.6 is 0 Å². The maximum atomic E-state index is 12.7. The highest BCUT2D eigenvalue weighted by Gasteiger charge is 2.26. The molecular formula is C22H29N3O7S. The Morgan fingerprint density at radius 1 is 1.09 bits per heavy atom. The third-order valence-electron chi connectivity index (χ3n) is 5.26. The second-order valence-electron chi connectivity index (χ2n) is 7.39. The van der Waals surface area contributed by atoms with Gasteiger partial charge in [0.15, 0.2) is 11.5 Å². The number of oxazole rings is 1. The summed E-state index contributed by atoms with van der Waals surface area (Å²) in [5, 5.41) is 0. The molecular weight excluding hydrogens is 450 g/mol. The summed E-state index contributed by atoms with van der Waals surface area (Å²) >= 11 is 0. The van der Waals surface area contributed by atoms with Gasteiger partial charge in [-0.3, -0.25) is 9.00 Å². The first kappa shape index (κ1) is 24.6. The number of ether oxygens (including phenoxy) is 3. The molecule has 10 nitrogen and oxygen atoms in total. The third-order valence-corrected chi connectivity index (χ3v) is 6.43. The predicted octanol–water partition coefficient (Wildman–Crippen LogP) is 2.22. The number of carbonyl (C=O) groups is 2. The number of rotatable bonds is 8. The topological polar surface area (TPSA) is 111 Å². The number of hydrogen-bond acceptors (Lipinski definition) is 8. The molecule has 1 atom stereocenters. The van der Waals surface area contributed by atoms with Crippen molar-refractivity contribution in [2.45, 2.75) is 19.6 Å². The van der Waals surface area contributed by atoms with E-state index < -0.39 is 10.8 Å². The highest BCUT2D eigenvalue weighted by Crippen LogP contribution is 2.32. The fourth-order valence-corrected chi connectivity index (χ4v) is 4.57. The Labute approximate surface area is 195 Å². The molecule has 2 amide bonds.